The van der Waals surface area contributed by atoms with E-state index in [0.29, 0.717) is 12.1 Å². The molecule has 3 aliphatic rings. The van der Waals surface area contributed by atoms with Gasteiger partial charge in [-0.15, -0.1) is 0 Å². The van der Waals surface area contributed by atoms with Gasteiger partial charge < -0.3 is 4.90 Å². The Kier molecular flexibility index (Phi) is 3.86. The molecular formula is C23H21FN6. The lowest BCUT2D eigenvalue weighted by Crippen LogP contribution is -2.67. The lowest BCUT2D eigenvalue weighted by Gasteiger charge is -2.55. The molecule has 7 rings (SSSR count). The number of anilines is 1. The minimum atomic E-state index is -0.264. The zero-order chi connectivity index (χ0) is 20.2. The zero-order valence-corrected chi connectivity index (χ0v) is 16.6. The summed E-state index contributed by atoms with van der Waals surface area (Å²) in [5.74, 6) is 1.45. The fourth-order valence-electron chi connectivity index (χ4n) is 4.64. The van der Waals surface area contributed by atoms with Gasteiger partial charge in [0.2, 0.25) is 0 Å². The van der Waals surface area contributed by atoms with Crippen LogP contribution < -0.4 is 4.90 Å². The molecule has 0 amide bonds. The molecule has 0 aliphatic carbocycles. The number of hydrogen-bond acceptors (Lipinski definition) is 5. The van der Waals surface area contributed by atoms with Gasteiger partial charge in [-0.05, 0) is 62.0 Å². The van der Waals surface area contributed by atoms with E-state index < -0.39 is 0 Å². The average molecular weight is 400 g/mol. The first kappa shape index (κ1) is 17.5. The van der Waals surface area contributed by atoms with Crippen molar-refractivity contribution < 1.29 is 4.39 Å². The Morgan fingerprint density at radius 3 is 2.33 bits per heavy atom. The number of fused-ring (bicyclic) bond motifs is 3. The van der Waals surface area contributed by atoms with Crippen LogP contribution in [0.3, 0.4) is 0 Å². The van der Waals surface area contributed by atoms with Gasteiger partial charge in [0, 0.05) is 43.1 Å². The topological polar surface area (TPSA) is 50.1 Å². The number of likely N-dealkylation sites (N-methyl/N-ethyl adjacent to an activating group) is 1. The number of benzene rings is 1. The highest BCUT2D eigenvalue weighted by Crippen LogP contribution is 2.34. The maximum absolute atomic E-state index is 13.5. The van der Waals surface area contributed by atoms with Gasteiger partial charge in [0.05, 0.1) is 5.69 Å². The zero-order valence-electron chi connectivity index (χ0n) is 16.6. The van der Waals surface area contributed by atoms with Crippen molar-refractivity contribution in [2.24, 2.45) is 0 Å². The van der Waals surface area contributed by atoms with Crippen molar-refractivity contribution in [3.05, 3.63) is 66.7 Å². The van der Waals surface area contributed by atoms with Gasteiger partial charge in [-0.25, -0.2) is 14.4 Å². The summed E-state index contributed by atoms with van der Waals surface area (Å²) >= 11 is 0. The van der Waals surface area contributed by atoms with E-state index >= 15 is 0 Å². The molecular weight excluding hydrogens is 379 g/mol. The molecule has 0 saturated carbocycles. The number of nitrogens with zero attached hydrogens (tertiary/aromatic N) is 6. The van der Waals surface area contributed by atoms with Crippen molar-refractivity contribution in [3.63, 3.8) is 0 Å². The van der Waals surface area contributed by atoms with E-state index in [4.69, 9.17) is 9.97 Å². The van der Waals surface area contributed by atoms with E-state index in [9.17, 15) is 4.39 Å². The maximum atomic E-state index is 13.5. The number of hydrogen-bond donors (Lipinski definition) is 0. The average Bonchev–Trinajstić information content (AvgIpc) is 3.18. The van der Waals surface area contributed by atoms with Crippen LogP contribution in [0.1, 0.15) is 6.42 Å². The molecule has 0 radical (unpaired) electrons. The molecule has 2 bridgehead atoms. The lowest BCUT2D eigenvalue weighted by molar-refractivity contribution is 0.0261. The minimum absolute atomic E-state index is 0.264. The Morgan fingerprint density at radius 2 is 1.63 bits per heavy atom. The summed E-state index contributed by atoms with van der Waals surface area (Å²) in [6.07, 6.45) is 4.79. The molecule has 2 unspecified atom stereocenters. The number of rotatable bonds is 3. The second kappa shape index (κ2) is 6.60. The third kappa shape index (κ3) is 2.69. The SMILES string of the molecule is CN1C2CC1CN(c1ccc3nc(-c4ccc(F)cc4)n(-c4ccncc4)c3n1)C2. The summed E-state index contributed by atoms with van der Waals surface area (Å²) in [4.78, 5) is 18.9. The fourth-order valence-corrected chi connectivity index (χ4v) is 4.64. The molecule has 0 N–H and O–H groups in total. The molecule has 4 aromatic rings. The largest absolute Gasteiger partial charge is 0.353 e. The molecule has 3 fully saturated rings. The molecule has 150 valence electrons. The normalized spacial score (nSPS) is 21.1. The van der Waals surface area contributed by atoms with E-state index in [1.165, 1.54) is 18.6 Å². The minimum Gasteiger partial charge on any atom is -0.353 e. The quantitative estimate of drug-likeness (QED) is 0.527. The Morgan fingerprint density at radius 1 is 0.900 bits per heavy atom. The Balaban J connectivity index is 1.50. The summed E-state index contributed by atoms with van der Waals surface area (Å²) < 4.78 is 15.5. The van der Waals surface area contributed by atoms with Crippen LogP contribution in [0.4, 0.5) is 10.2 Å². The molecule has 3 aliphatic heterocycles. The smallest absolute Gasteiger partial charge is 0.167 e. The van der Waals surface area contributed by atoms with Gasteiger partial charge in [0.1, 0.15) is 23.0 Å². The standard InChI is InChI=1S/C23H21FN6/c1-28-18-12-19(28)14-29(13-18)21-7-6-20-23(27-21)30(17-8-10-25-11-9-17)22(26-20)15-2-4-16(24)5-3-15/h2-11,18-19H,12-14H2,1H3. The number of piperazine rings is 1. The van der Waals surface area contributed by atoms with Crippen molar-refractivity contribution in [1.82, 2.24) is 24.4 Å². The van der Waals surface area contributed by atoms with Crippen molar-refractivity contribution in [1.29, 1.82) is 0 Å². The Hall–Kier alpha value is -3.32. The van der Waals surface area contributed by atoms with Gasteiger partial charge in [0.25, 0.3) is 0 Å². The molecule has 6 heterocycles. The molecule has 3 aromatic heterocycles. The van der Waals surface area contributed by atoms with Gasteiger partial charge in [-0.2, -0.15) is 0 Å². The number of aromatic nitrogens is 4. The van der Waals surface area contributed by atoms with Crippen LogP contribution in [0.2, 0.25) is 0 Å². The first-order valence-electron chi connectivity index (χ1n) is 10.2. The fraction of sp³-hybridized carbons (Fsp3) is 0.261. The molecule has 7 heteroatoms. The van der Waals surface area contributed by atoms with Crippen molar-refractivity contribution in [2.75, 3.05) is 25.0 Å². The predicted octanol–water partition coefficient (Wildman–Crippen LogP) is 3.51. The first-order valence-corrected chi connectivity index (χ1v) is 10.2. The van der Waals surface area contributed by atoms with E-state index in [-0.39, 0.29) is 5.82 Å². The highest BCUT2D eigenvalue weighted by Gasteiger charge is 2.42. The molecule has 1 aromatic carbocycles. The third-order valence-electron chi connectivity index (χ3n) is 6.40. The first-order chi connectivity index (χ1) is 14.7. The van der Waals surface area contributed by atoms with Crippen LogP contribution in [-0.4, -0.2) is 56.6 Å². The van der Waals surface area contributed by atoms with Crippen LogP contribution in [0, 0.1) is 5.82 Å². The van der Waals surface area contributed by atoms with Crippen LogP contribution in [0.5, 0.6) is 0 Å². The highest BCUT2D eigenvalue weighted by molar-refractivity contribution is 5.81. The molecule has 6 nitrogen and oxygen atoms in total. The summed E-state index contributed by atoms with van der Waals surface area (Å²) in [5, 5.41) is 0. The van der Waals surface area contributed by atoms with Crippen LogP contribution >= 0.6 is 0 Å². The lowest BCUT2D eigenvalue weighted by atomic mass is 9.88. The summed E-state index contributed by atoms with van der Waals surface area (Å²) in [6.45, 7) is 2.00. The second-order valence-electron chi connectivity index (χ2n) is 8.11. The van der Waals surface area contributed by atoms with Crippen molar-refractivity contribution >= 4 is 17.0 Å². The van der Waals surface area contributed by atoms with Gasteiger partial charge >= 0.3 is 0 Å². The predicted molar refractivity (Wildman–Crippen MR) is 114 cm³/mol. The van der Waals surface area contributed by atoms with Crippen LogP contribution in [0.25, 0.3) is 28.2 Å². The van der Waals surface area contributed by atoms with Crippen LogP contribution in [0.15, 0.2) is 60.9 Å². The summed E-state index contributed by atoms with van der Waals surface area (Å²) in [7, 11) is 2.21. The monoisotopic (exact) mass is 400 g/mol. The van der Waals surface area contributed by atoms with Crippen molar-refractivity contribution in [3.8, 4) is 17.1 Å². The molecule has 3 saturated heterocycles. The molecule has 2 atom stereocenters. The van der Waals surface area contributed by atoms with Crippen molar-refractivity contribution in [2.45, 2.75) is 18.5 Å². The van der Waals surface area contributed by atoms with E-state index in [1.807, 2.05) is 22.8 Å². The number of halogens is 1. The maximum Gasteiger partial charge on any atom is 0.167 e. The Labute approximate surface area is 173 Å². The molecule has 30 heavy (non-hydrogen) atoms. The number of pyridine rings is 2. The number of imidazole rings is 1. The number of piperidine rings is 1. The van der Waals surface area contributed by atoms with Gasteiger partial charge in [-0.3, -0.25) is 14.5 Å². The van der Waals surface area contributed by atoms with E-state index in [2.05, 4.69) is 27.9 Å². The van der Waals surface area contributed by atoms with Gasteiger partial charge in [0.15, 0.2) is 5.65 Å². The third-order valence-corrected chi connectivity index (χ3v) is 6.40. The van der Waals surface area contributed by atoms with Gasteiger partial charge in [-0.1, -0.05) is 0 Å². The summed E-state index contributed by atoms with van der Waals surface area (Å²) in [5.41, 5.74) is 3.38. The Bertz CT molecular complexity index is 1210. The van der Waals surface area contributed by atoms with Crippen LogP contribution in [-0.2, 0) is 0 Å². The molecule has 0 spiro atoms. The summed E-state index contributed by atoms with van der Waals surface area (Å²) in [6, 6.07) is 15.6. The van der Waals surface area contributed by atoms with E-state index in [0.717, 1.165) is 47.1 Å². The van der Waals surface area contributed by atoms with E-state index in [1.54, 1.807) is 24.5 Å². The highest BCUT2D eigenvalue weighted by atomic mass is 19.1. The second-order valence-corrected chi connectivity index (χ2v) is 8.11.